The zero-order valence-electron chi connectivity index (χ0n) is 8.31. The Morgan fingerprint density at radius 2 is 1.93 bits per heavy atom. The van der Waals surface area contributed by atoms with Crippen LogP contribution in [0.3, 0.4) is 0 Å². The number of hydrogen-bond donors (Lipinski definition) is 2. The summed E-state index contributed by atoms with van der Waals surface area (Å²) in [7, 11) is 0. The Morgan fingerprint density at radius 1 is 1.29 bits per heavy atom. The molecule has 0 bridgehead atoms. The van der Waals surface area contributed by atoms with Crippen molar-refractivity contribution in [3.63, 3.8) is 0 Å². The van der Waals surface area contributed by atoms with Crippen LogP contribution in [0.25, 0.3) is 0 Å². The van der Waals surface area contributed by atoms with E-state index < -0.39 is 0 Å². The van der Waals surface area contributed by atoms with Crippen LogP contribution < -0.4 is 0 Å². The molecule has 0 aliphatic rings. The summed E-state index contributed by atoms with van der Waals surface area (Å²) in [6.45, 7) is 2.08. The van der Waals surface area contributed by atoms with Crippen molar-refractivity contribution >= 4 is 11.8 Å². The van der Waals surface area contributed by atoms with Gasteiger partial charge in [0.15, 0.2) is 0 Å². The minimum absolute atomic E-state index is 0.270. The Balaban J connectivity index is 2.39. The standard InChI is InChI=1S/C11H16O2S/c1-2-14-8-11(13)7-9-3-5-10(12)6-4-9/h3-6,11-13H,2,7-8H2,1H3. The summed E-state index contributed by atoms with van der Waals surface area (Å²) in [6, 6.07) is 6.98. The van der Waals surface area contributed by atoms with Crippen LogP contribution in [0, 0.1) is 0 Å². The van der Waals surface area contributed by atoms with E-state index in [2.05, 4.69) is 6.92 Å². The van der Waals surface area contributed by atoms with E-state index in [4.69, 9.17) is 5.11 Å². The van der Waals surface area contributed by atoms with Gasteiger partial charge in [-0.25, -0.2) is 0 Å². The SMILES string of the molecule is CCSCC(O)Cc1ccc(O)cc1. The number of benzene rings is 1. The molecule has 0 aliphatic heterocycles. The van der Waals surface area contributed by atoms with Crippen molar-refractivity contribution in [2.45, 2.75) is 19.4 Å². The normalized spacial score (nSPS) is 12.7. The zero-order valence-corrected chi connectivity index (χ0v) is 9.13. The van der Waals surface area contributed by atoms with Gasteiger partial charge in [-0.2, -0.15) is 11.8 Å². The summed E-state index contributed by atoms with van der Waals surface area (Å²) < 4.78 is 0. The molecule has 1 rings (SSSR count). The Labute approximate surface area is 89.0 Å². The van der Waals surface area contributed by atoms with Crippen molar-refractivity contribution < 1.29 is 10.2 Å². The van der Waals surface area contributed by atoms with Gasteiger partial charge < -0.3 is 10.2 Å². The Bertz CT molecular complexity index is 258. The molecule has 78 valence electrons. The lowest BCUT2D eigenvalue weighted by molar-refractivity contribution is 0.200. The highest BCUT2D eigenvalue weighted by atomic mass is 32.2. The first-order chi connectivity index (χ1) is 6.72. The summed E-state index contributed by atoms with van der Waals surface area (Å²) in [5.41, 5.74) is 1.06. The van der Waals surface area contributed by atoms with Crippen molar-refractivity contribution in [1.82, 2.24) is 0 Å². The largest absolute Gasteiger partial charge is 0.508 e. The van der Waals surface area contributed by atoms with Gasteiger partial charge >= 0.3 is 0 Å². The molecule has 0 fully saturated rings. The van der Waals surface area contributed by atoms with Crippen LogP contribution in [-0.4, -0.2) is 27.8 Å². The van der Waals surface area contributed by atoms with Gasteiger partial charge in [0, 0.05) is 5.75 Å². The molecule has 0 amide bonds. The second-order valence-corrected chi connectivity index (χ2v) is 4.50. The third-order valence-electron chi connectivity index (χ3n) is 1.92. The summed E-state index contributed by atoms with van der Waals surface area (Å²) in [4.78, 5) is 0. The molecule has 1 aromatic carbocycles. The number of rotatable bonds is 5. The van der Waals surface area contributed by atoms with E-state index in [-0.39, 0.29) is 11.9 Å². The quantitative estimate of drug-likeness (QED) is 0.784. The van der Waals surface area contributed by atoms with E-state index in [0.29, 0.717) is 6.42 Å². The predicted molar refractivity (Wildman–Crippen MR) is 60.8 cm³/mol. The van der Waals surface area contributed by atoms with Crippen LogP contribution in [0.2, 0.25) is 0 Å². The molecule has 0 radical (unpaired) electrons. The van der Waals surface area contributed by atoms with E-state index in [1.54, 1.807) is 23.9 Å². The monoisotopic (exact) mass is 212 g/mol. The molecular formula is C11H16O2S. The Hall–Kier alpha value is -0.670. The average molecular weight is 212 g/mol. The van der Waals surface area contributed by atoms with Gasteiger partial charge in [-0.3, -0.25) is 0 Å². The minimum atomic E-state index is -0.288. The van der Waals surface area contributed by atoms with Crippen molar-refractivity contribution in [3.05, 3.63) is 29.8 Å². The zero-order chi connectivity index (χ0) is 10.4. The number of aliphatic hydroxyl groups excluding tert-OH is 1. The molecule has 2 nitrogen and oxygen atoms in total. The van der Waals surface area contributed by atoms with Crippen LogP contribution >= 0.6 is 11.8 Å². The summed E-state index contributed by atoms with van der Waals surface area (Å²) in [6.07, 6.45) is 0.372. The number of thioether (sulfide) groups is 1. The van der Waals surface area contributed by atoms with Crippen molar-refractivity contribution in [2.24, 2.45) is 0 Å². The molecule has 0 aliphatic carbocycles. The first kappa shape index (κ1) is 11.4. The highest BCUT2D eigenvalue weighted by Crippen LogP contribution is 2.13. The maximum absolute atomic E-state index is 9.62. The molecule has 0 aromatic heterocycles. The molecule has 0 heterocycles. The second-order valence-electron chi connectivity index (χ2n) is 3.18. The molecule has 3 heteroatoms. The first-order valence-corrected chi connectivity index (χ1v) is 5.91. The fourth-order valence-corrected chi connectivity index (χ4v) is 1.84. The minimum Gasteiger partial charge on any atom is -0.508 e. The number of hydrogen-bond acceptors (Lipinski definition) is 3. The number of phenols is 1. The average Bonchev–Trinajstić information content (AvgIpc) is 2.18. The topological polar surface area (TPSA) is 40.5 Å². The van der Waals surface area contributed by atoms with Crippen molar-refractivity contribution in [1.29, 1.82) is 0 Å². The molecule has 1 atom stereocenters. The first-order valence-electron chi connectivity index (χ1n) is 4.76. The van der Waals surface area contributed by atoms with Crippen molar-refractivity contribution in [3.8, 4) is 5.75 Å². The van der Waals surface area contributed by atoms with E-state index in [9.17, 15) is 5.11 Å². The number of phenolic OH excluding ortho intramolecular Hbond substituents is 1. The van der Waals surface area contributed by atoms with Gasteiger partial charge in [0.05, 0.1) is 6.10 Å². The summed E-state index contributed by atoms with van der Waals surface area (Å²) in [5.74, 6) is 2.08. The van der Waals surface area contributed by atoms with E-state index in [1.165, 1.54) is 0 Å². The molecule has 2 N–H and O–H groups in total. The van der Waals surface area contributed by atoms with Crippen LogP contribution in [0.1, 0.15) is 12.5 Å². The molecule has 14 heavy (non-hydrogen) atoms. The van der Waals surface area contributed by atoms with Gasteiger partial charge in [0.2, 0.25) is 0 Å². The van der Waals surface area contributed by atoms with Crippen LogP contribution in [-0.2, 0) is 6.42 Å². The number of aliphatic hydroxyl groups is 1. The molecule has 0 saturated heterocycles. The summed E-state index contributed by atoms with van der Waals surface area (Å²) >= 11 is 1.74. The lowest BCUT2D eigenvalue weighted by atomic mass is 10.1. The van der Waals surface area contributed by atoms with Crippen molar-refractivity contribution in [2.75, 3.05) is 11.5 Å². The molecule has 1 aromatic rings. The summed E-state index contributed by atoms with van der Waals surface area (Å²) in [5, 5.41) is 18.7. The fraction of sp³-hybridized carbons (Fsp3) is 0.455. The lowest BCUT2D eigenvalue weighted by Crippen LogP contribution is -2.13. The molecule has 1 unspecified atom stereocenters. The van der Waals surface area contributed by atoms with Gasteiger partial charge in [-0.1, -0.05) is 19.1 Å². The van der Waals surface area contributed by atoms with Gasteiger partial charge in [0.25, 0.3) is 0 Å². The third-order valence-corrected chi connectivity index (χ3v) is 2.95. The van der Waals surface area contributed by atoms with E-state index in [0.717, 1.165) is 17.1 Å². The van der Waals surface area contributed by atoms with Gasteiger partial charge in [-0.15, -0.1) is 0 Å². The highest BCUT2D eigenvalue weighted by Gasteiger charge is 2.04. The molecule has 0 saturated carbocycles. The Morgan fingerprint density at radius 3 is 2.50 bits per heavy atom. The van der Waals surface area contributed by atoms with E-state index >= 15 is 0 Å². The van der Waals surface area contributed by atoms with Crippen LogP contribution in [0.5, 0.6) is 5.75 Å². The maximum Gasteiger partial charge on any atom is 0.115 e. The highest BCUT2D eigenvalue weighted by molar-refractivity contribution is 7.99. The second kappa shape index (κ2) is 5.94. The lowest BCUT2D eigenvalue weighted by Gasteiger charge is -2.09. The smallest absolute Gasteiger partial charge is 0.115 e. The van der Waals surface area contributed by atoms with Gasteiger partial charge in [-0.05, 0) is 29.9 Å². The Kier molecular flexibility index (Phi) is 4.84. The molecular weight excluding hydrogens is 196 g/mol. The fourth-order valence-electron chi connectivity index (χ4n) is 1.22. The predicted octanol–water partition coefficient (Wildman–Crippen LogP) is 2.05. The van der Waals surface area contributed by atoms with Crippen LogP contribution in [0.4, 0.5) is 0 Å². The van der Waals surface area contributed by atoms with Crippen LogP contribution in [0.15, 0.2) is 24.3 Å². The maximum atomic E-state index is 9.62. The number of aromatic hydroxyl groups is 1. The molecule has 0 spiro atoms. The van der Waals surface area contributed by atoms with Gasteiger partial charge in [0.1, 0.15) is 5.75 Å². The third kappa shape index (κ3) is 4.03. The van der Waals surface area contributed by atoms with E-state index in [1.807, 2.05) is 12.1 Å².